The van der Waals surface area contributed by atoms with Crippen LogP contribution in [0.5, 0.6) is 0 Å². The van der Waals surface area contributed by atoms with Crippen LogP contribution in [0, 0.1) is 5.92 Å². The molecule has 2 unspecified atom stereocenters. The van der Waals surface area contributed by atoms with E-state index in [1.165, 1.54) is 0 Å². The van der Waals surface area contributed by atoms with E-state index in [1.807, 2.05) is 0 Å². The maximum absolute atomic E-state index is 6.17. The lowest BCUT2D eigenvalue weighted by atomic mass is 9.59. The normalized spacial score (nSPS) is 29.7. The van der Waals surface area contributed by atoms with Gasteiger partial charge in [-0.3, -0.25) is 0 Å². The van der Waals surface area contributed by atoms with Crippen LogP contribution in [0.25, 0.3) is 0 Å². The predicted molar refractivity (Wildman–Crippen MR) is 49.0 cm³/mol. The van der Waals surface area contributed by atoms with Crippen molar-refractivity contribution in [3.05, 3.63) is 0 Å². The van der Waals surface area contributed by atoms with E-state index in [0.29, 0.717) is 19.1 Å². The highest BCUT2D eigenvalue weighted by Gasteiger charge is 2.30. The Labute approximate surface area is 76.0 Å². The third kappa shape index (κ3) is 2.49. The minimum Gasteiger partial charge on any atom is -0.237 e. The van der Waals surface area contributed by atoms with E-state index in [9.17, 15) is 0 Å². The molecule has 3 heteroatoms. The molecule has 12 heavy (non-hydrogen) atoms. The van der Waals surface area contributed by atoms with Crippen molar-refractivity contribution in [3.63, 3.8) is 0 Å². The standard InChI is InChI=1S/C9H17BO2/c1-3-5-9(2,10)8-4-6-11-12-7-8/h8H,3-7H2,1-2H3. The van der Waals surface area contributed by atoms with E-state index in [-0.39, 0.29) is 5.31 Å². The van der Waals surface area contributed by atoms with Gasteiger partial charge >= 0.3 is 0 Å². The van der Waals surface area contributed by atoms with Gasteiger partial charge in [-0.2, -0.15) is 0 Å². The Morgan fingerprint density at radius 3 is 2.75 bits per heavy atom. The second-order valence-corrected chi connectivity index (χ2v) is 3.85. The van der Waals surface area contributed by atoms with Crippen molar-refractivity contribution in [2.45, 2.75) is 38.4 Å². The van der Waals surface area contributed by atoms with Crippen LogP contribution >= 0.6 is 0 Å². The average Bonchev–Trinajstić information content (AvgIpc) is 2.06. The highest BCUT2D eigenvalue weighted by Crippen LogP contribution is 2.39. The Morgan fingerprint density at radius 1 is 1.50 bits per heavy atom. The molecule has 2 nitrogen and oxygen atoms in total. The van der Waals surface area contributed by atoms with Crippen molar-refractivity contribution in [2.75, 3.05) is 13.2 Å². The van der Waals surface area contributed by atoms with E-state index in [4.69, 9.17) is 17.6 Å². The SMILES string of the molecule is [B]C(C)(CCC)C1CCOOC1. The summed E-state index contributed by atoms with van der Waals surface area (Å²) >= 11 is 0. The van der Waals surface area contributed by atoms with Gasteiger partial charge < -0.3 is 0 Å². The summed E-state index contributed by atoms with van der Waals surface area (Å²) in [6.07, 6.45) is 3.21. The molecule has 0 aromatic heterocycles. The molecule has 1 fully saturated rings. The molecule has 0 aromatic rings. The zero-order valence-corrected chi connectivity index (χ0v) is 8.01. The van der Waals surface area contributed by atoms with Crippen LogP contribution in [-0.4, -0.2) is 21.1 Å². The van der Waals surface area contributed by atoms with Crippen LogP contribution in [0.4, 0.5) is 0 Å². The highest BCUT2D eigenvalue weighted by atomic mass is 17.2. The van der Waals surface area contributed by atoms with Gasteiger partial charge in [0.05, 0.1) is 21.1 Å². The topological polar surface area (TPSA) is 18.5 Å². The third-order valence-electron chi connectivity index (χ3n) is 2.62. The lowest BCUT2D eigenvalue weighted by molar-refractivity contribution is -0.326. The van der Waals surface area contributed by atoms with E-state index in [2.05, 4.69) is 13.8 Å². The molecule has 0 aromatic carbocycles. The first kappa shape index (κ1) is 10.1. The van der Waals surface area contributed by atoms with Gasteiger partial charge in [0.15, 0.2) is 0 Å². The molecule has 1 rings (SSSR count). The largest absolute Gasteiger partial charge is 0.237 e. The molecule has 0 spiro atoms. The Kier molecular flexibility index (Phi) is 3.60. The van der Waals surface area contributed by atoms with Crippen LogP contribution in [0.15, 0.2) is 0 Å². The molecule has 1 saturated heterocycles. The zero-order valence-electron chi connectivity index (χ0n) is 8.01. The summed E-state index contributed by atoms with van der Waals surface area (Å²) in [5.41, 5.74) is 0. The van der Waals surface area contributed by atoms with Crippen molar-refractivity contribution in [1.82, 2.24) is 0 Å². The zero-order chi connectivity index (χ0) is 9.03. The van der Waals surface area contributed by atoms with Crippen molar-refractivity contribution in [1.29, 1.82) is 0 Å². The van der Waals surface area contributed by atoms with E-state index >= 15 is 0 Å². The Hall–Kier alpha value is -0.0151. The van der Waals surface area contributed by atoms with Crippen LogP contribution < -0.4 is 0 Å². The third-order valence-corrected chi connectivity index (χ3v) is 2.62. The molecular formula is C9H17BO2. The lowest BCUT2D eigenvalue weighted by Gasteiger charge is -2.36. The van der Waals surface area contributed by atoms with Gasteiger partial charge in [-0.1, -0.05) is 32.0 Å². The fourth-order valence-electron chi connectivity index (χ4n) is 1.73. The van der Waals surface area contributed by atoms with Gasteiger partial charge in [-0.15, -0.1) is 0 Å². The number of hydrogen-bond donors (Lipinski definition) is 0. The van der Waals surface area contributed by atoms with Gasteiger partial charge in [0.2, 0.25) is 0 Å². The molecule has 0 N–H and O–H groups in total. The minimum absolute atomic E-state index is 0.0848. The molecule has 0 bridgehead atoms. The second kappa shape index (κ2) is 4.29. The molecule has 1 heterocycles. The summed E-state index contributed by atoms with van der Waals surface area (Å²) in [7, 11) is 6.17. The average molecular weight is 168 g/mol. The van der Waals surface area contributed by atoms with Crippen molar-refractivity contribution in [2.24, 2.45) is 5.92 Å². The quantitative estimate of drug-likeness (QED) is 0.474. The summed E-state index contributed by atoms with van der Waals surface area (Å²) in [4.78, 5) is 9.75. The lowest BCUT2D eigenvalue weighted by Crippen LogP contribution is -2.30. The van der Waals surface area contributed by atoms with Crippen LogP contribution in [0.3, 0.4) is 0 Å². The van der Waals surface area contributed by atoms with Crippen LogP contribution in [0.2, 0.25) is 5.31 Å². The van der Waals surface area contributed by atoms with Crippen molar-refractivity contribution >= 4 is 7.85 Å². The first-order valence-electron chi connectivity index (χ1n) is 4.70. The Morgan fingerprint density at radius 2 is 2.25 bits per heavy atom. The van der Waals surface area contributed by atoms with Gasteiger partial charge in [-0.25, -0.2) is 9.78 Å². The number of hydrogen-bond acceptors (Lipinski definition) is 2. The van der Waals surface area contributed by atoms with Crippen LogP contribution in [-0.2, 0) is 9.78 Å². The molecule has 0 aliphatic carbocycles. The van der Waals surface area contributed by atoms with Gasteiger partial charge in [0.25, 0.3) is 0 Å². The van der Waals surface area contributed by atoms with E-state index in [0.717, 1.165) is 19.3 Å². The molecule has 0 amide bonds. The van der Waals surface area contributed by atoms with E-state index < -0.39 is 0 Å². The molecule has 68 valence electrons. The minimum atomic E-state index is -0.0848. The van der Waals surface area contributed by atoms with Crippen molar-refractivity contribution in [3.8, 4) is 0 Å². The molecule has 2 radical (unpaired) electrons. The molecular weight excluding hydrogens is 151 g/mol. The molecule has 1 aliphatic rings. The summed E-state index contributed by atoms with van der Waals surface area (Å²) in [6.45, 7) is 5.59. The fourth-order valence-corrected chi connectivity index (χ4v) is 1.73. The Balaban J connectivity index is 2.41. The smallest absolute Gasteiger partial charge is 0.0849 e. The monoisotopic (exact) mass is 168 g/mol. The highest BCUT2D eigenvalue weighted by molar-refractivity contribution is 6.15. The first-order chi connectivity index (χ1) is 5.67. The first-order valence-corrected chi connectivity index (χ1v) is 4.70. The summed E-state index contributed by atoms with van der Waals surface area (Å²) in [5.74, 6) is 0.450. The van der Waals surface area contributed by atoms with Crippen molar-refractivity contribution < 1.29 is 9.78 Å². The fraction of sp³-hybridized carbons (Fsp3) is 1.00. The second-order valence-electron chi connectivity index (χ2n) is 3.85. The van der Waals surface area contributed by atoms with E-state index in [1.54, 1.807) is 0 Å². The van der Waals surface area contributed by atoms with Gasteiger partial charge in [0, 0.05) is 0 Å². The maximum atomic E-state index is 6.17. The van der Waals surface area contributed by atoms with Crippen LogP contribution in [0.1, 0.15) is 33.1 Å². The predicted octanol–water partition coefficient (Wildman–Crippen LogP) is 2.10. The molecule has 0 saturated carbocycles. The Bertz CT molecular complexity index is 130. The molecule has 1 aliphatic heterocycles. The summed E-state index contributed by atoms with van der Waals surface area (Å²) in [6, 6.07) is 0. The summed E-state index contributed by atoms with van der Waals surface area (Å²) < 4.78 is 0. The maximum Gasteiger partial charge on any atom is 0.0849 e. The molecule has 2 atom stereocenters. The van der Waals surface area contributed by atoms with Gasteiger partial charge in [-0.05, 0) is 12.3 Å². The van der Waals surface area contributed by atoms with Gasteiger partial charge in [0.1, 0.15) is 0 Å². The summed E-state index contributed by atoms with van der Waals surface area (Å²) in [5, 5.41) is -0.0848. The number of rotatable bonds is 3.